The van der Waals surface area contributed by atoms with E-state index in [-0.39, 0.29) is 26.4 Å². The SMILES string of the molecule is O=C(O)COc1cccc2c1CCCC2NS(=O)(=O)c1ccc(Oc2ccc(F)cc2Cl)cc1Cl. The molecule has 3 aromatic carbocycles. The molecule has 0 bridgehead atoms. The summed E-state index contributed by atoms with van der Waals surface area (Å²) in [5, 5.41) is 8.89. The van der Waals surface area contributed by atoms with Crippen LogP contribution in [0.25, 0.3) is 0 Å². The number of carboxylic acids is 1. The number of ether oxygens (including phenoxy) is 2. The maximum Gasteiger partial charge on any atom is 0.341 e. The molecule has 0 amide bonds. The lowest BCUT2D eigenvalue weighted by molar-refractivity contribution is -0.139. The van der Waals surface area contributed by atoms with Crippen LogP contribution in [0.2, 0.25) is 10.0 Å². The number of fused-ring (bicyclic) bond motifs is 1. The molecule has 11 heteroatoms. The second kappa shape index (κ2) is 10.4. The lowest BCUT2D eigenvalue weighted by Crippen LogP contribution is -2.31. The number of aliphatic carboxylic acids is 1. The second-order valence-electron chi connectivity index (χ2n) is 7.84. The maximum absolute atomic E-state index is 13.2. The number of nitrogens with one attached hydrogen (secondary N) is 1. The van der Waals surface area contributed by atoms with E-state index in [9.17, 15) is 17.6 Å². The van der Waals surface area contributed by atoms with Crippen LogP contribution < -0.4 is 14.2 Å². The van der Waals surface area contributed by atoms with Gasteiger partial charge in [0.15, 0.2) is 6.61 Å². The Labute approximate surface area is 211 Å². The third-order valence-electron chi connectivity index (χ3n) is 5.43. The Hall–Kier alpha value is -2.85. The molecule has 35 heavy (non-hydrogen) atoms. The molecule has 0 saturated carbocycles. The van der Waals surface area contributed by atoms with Crippen molar-refractivity contribution in [3.05, 3.63) is 81.6 Å². The van der Waals surface area contributed by atoms with Gasteiger partial charge in [-0.25, -0.2) is 22.3 Å². The van der Waals surface area contributed by atoms with Gasteiger partial charge in [-0.1, -0.05) is 35.3 Å². The molecule has 1 unspecified atom stereocenters. The first-order chi connectivity index (χ1) is 16.6. The molecule has 4 rings (SSSR count). The summed E-state index contributed by atoms with van der Waals surface area (Å²) in [6, 6.07) is 12.3. The Balaban J connectivity index is 1.55. The van der Waals surface area contributed by atoms with Gasteiger partial charge >= 0.3 is 5.97 Å². The van der Waals surface area contributed by atoms with E-state index >= 15 is 0 Å². The number of halogens is 3. The predicted molar refractivity (Wildman–Crippen MR) is 129 cm³/mol. The first-order valence-corrected chi connectivity index (χ1v) is 12.8. The van der Waals surface area contributed by atoms with Crippen LogP contribution in [0.4, 0.5) is 4.39 Å². The largest absolute Gasteiger partial charge is 0.482 e. The Bertz CT molecular complexity index is 1380. The molecular weight excluding hydrogens is 520 g/mol. The predicted octanol–water partition coefficient (Wildman–Crippen LogP) is 5.74. The zero-order chi connectivity index (χ0) is 25.2. The van der Waals surface area contributed by atoms with Gasteiger partial charge in [0.25, 0.3) is 0 Å². The Morgan fingerprint density at radius 3 is 2.60 bits per heavy atom. The number of hydrogen-bond acceptors (Lipinski definition) is 5. The number of carboxylic acid groups (broad SMARTS) is 1. The van der Waals surface area contributed by atoms with Crippen molar-refractivity contribution in [1.29, 1.82) is 0 Å². The van der Waals surface area contributed by atoms with Gasteiger partial charge in [0.1, 0.15) is 28.0 Å². The summed E-state index contributed by atoms with van der Waals surface area (Å²) in [7, 11) is -4.02. The van der Waals surface area contributed by atoms with Crippen LogP contribution in [0.15, 0.2) is 59.5 Å². The zero-order valence-electron chi connectivity index (χ0n) is 18.1. The molecule has 2 N–H and O–H groups in total. The van der Waals surface area contributed by atoms with Crippen molar-refractivity contribution in [1.82, 2.24) is 4.72 Å². The molecule has 0 spiro atoms. The molecule has 1 atom stereocenters. The maximum atomic E-state index is 13.2. The highest BCUT2D eigenvalue weighted by molar-refractivity contribution is 7.89. The molecule has 184 valence electrons. The van der Waals surface area contributed by atoms with Crippen LogP contribution in [0.5, 0.6) is 17.2 Å². The first-order valence-electron chi connectivity index (χ1n) is 10.6. The summed E-state index contributed by atoms with van der Waals surface area (Å²) in [6.07, 6.45) is 1.88. The van der Waals surface area contributed by atoms with Crippen LogP contribution in [0, 0.1) is 5.82 Å². The smallest absolute Gasteiger partial charge is 0.341 e. The van der Waals surface area contributed by atoms with Crippen LogP contribution >= 0.6 is 23.2 Å². The minimum atomic E-state index is -4.02. The molecule has 1 aliphatic carbocycles. The van der Waals surface area contributed by atoms with Crippen LogP contribution in [0.3, 0.4) is 0 Å². The topological polar surface area (TPSA) is 102 Å². The monoisotopic (exact) mass is 539 g/mol. The highest BCUT2D eigenvalue weighted by Crippen LogP contribution is 2.37. The van der Waals surface area contributed by atoms with E-state index in [1.807, 2.05) is 0 Å². The van der Waals surface area contributed by atoms with Crippen molar-refractivity contribution in [2.45, 2.75) is 30.2 Å². The van der Waals surface area contributed by atoms with Gasteiger partial charge in [-0.05, 0) is 66.8 Å². The van der Waals surface area contributed by atoms with Crippen LogP contribution in [0.1, 0.15) is 30.0 Å². The van der Waals surface area contributed by atoms with Crippen molar-refractivity contribution in [2.75, 3.05) is 6.61 Å². The molecule has 0 saturated heterocycles. The van der Waals surface area contributed by atoms with E-state index in [2.05, 4.69) is 4.72 Å². The molecule has 0 heterocycles. The normalized spacial score (nSPS) is 15.3. The summed E-state index contributed by atoms with van der Waals surface area (Å²) >= 11 is 12.3. The molecule has 0 aliphatic heterocycles. The van der Waals surface area contributed by atoms with E-state index < -0.39 is 34.5 Å². The van der Waals surface area contributed by atoms with Gasteiger partial charge in [0.2, 0.25) is 10.0 Å². The second-order valence-corrected chi connectivity index (χ2v) is 10.3. The fourth-order valence-corrected chi connectivity index (χ4v) is 5.90. The van der Waals surface area contributed by atoms with Crippen LogP contribution in [-0.2, 0) is 21.2 Å². The summed E-state index contributed by atoms with van der Waals surface area (Å²) < 4.78 is 53.3. The standard InChI is InChI=1S/C24H20Cl2FNO6S/c25-18-11-14(27)7-9-22(18)34-15-8-10-23(19(26)12-15)35(31,32)28-20-5-1-4-17-16(20)3-2-6-21(17)33-13-24(29)30/h2-3,6-12,20,28H,1,4-5,13H2,(H,29,30). The number of carbonyl (C=O) groups is 1. The fraction of sp³-hybridized carbons (Fsp3) is 0.208. The third-order valence-corrected chi connectivity index (χ3v) is 7.68. The summed E-state index contributed by atoms with van der Waals surface area (Å²) in [5.41, 5.74) is 1.50. The first kappa shape index (κ1) is 25.2. The number of rotatable bonds is 8. The minimum absolute atomic E-state index is 0.0576. The lowest BCUT2D eigenvalue weighted by Gasteiger charge is -2.27. The Kier molecular flexibility index (Phi) is 7.51. The van der Waals surface area contributed by atoms with Gasteiger partial charge in [-0.2, -0.15) is 0 Å². The van der Waals surface area contributed by atoms with Crippen molar-refractivity contribution in [3.63, 3.8) is 0 Å². The van der Waals surface area contributed by atoms with E-state index in [1.165, 1.54) is 30.3 Å². The van der Waals surface area contributed by atoms with Crippen molar-refractivity contribution < 1.29 is 32.2 Å². The molecule has 1 aliphatic rings. The van der Waals surface area contributed by atoms with Gasteiger partial charge in [0, 0.05) is 12.1 Å². The molecule has 0 fully saturated rings. The van der Waals surface area contributed by atoms with Crippen molar-refractivity contribution >= 4 is 39.2 Å². The van der Waals surface area contributed by atoms with Crippen molar-refractivity contribution in [3.8, 4) is 17.2 Å². The average Bonchev–Trinajstić information content (AvgIpc) is 2.79. The van der Waals surface area contributed by atoms with Gasteiger partial charge < -0.3 is 14.6 Å². The lowest BCUT2D eigenvalue weighted by atomic mass is 9.87. The highest BCUT2D eigenvalue weighted by Gasteiger charge is 2.29. The summed E-state index contributed by atoms with van der Waals surface area (Å²) in [6.45, 7) is -0.486. The van der Waals surface area contributed by atoms with Gasteiger partial charge in [-0.15, -0.1) is 0 Å². The van der Waals surface area contributed by atoms with E-state index in [4.69, 9.17) is 37.8 Å². The molecule has 0 aromatic heterocycles. The highest BCUT2D eigenvalue weighted by atomic mass is 35.5. The fourth-order valence-electron chi connectivity index (χ4n) is 3.91. The van der Waals surface area contributed by atoms with E-state index in [1.54, 1.807) is 18.2 Å². The number of sulfonamides is 1. The van der Waals surface area contributed by atoms with Gasteiger partial charge in [0.05, 0.1) is 10.0 Å². The Morgan fingerprint density at radius 2 is 1.89 bits per heavy atom. The zero-order valence-corrected chi connectivity index (χ0v) is 20.5. The number of hydrogen-bond donors (Lipinski definition) is 2. The molecule has 0 radical (unpaired) electrons. The molecule has 7 nitrogen and oxygen atoms in total. The number of benzene rings is 3. The summed E-state index contributed by atoms with van der Waals surface area (Å²) in [5.74, 6) is -0.770. The van der Waals surface area contributed by atoms with Crippen molar-refractivity contribution in [2.24, 2.45) is 0 Å². The van der Waals surface area contributed by atoms with E-state index in [0.717, 1.165) is 17.2 Å². The van der Waals surface area contributed by atoms with Gasteiger partial charge in [-0.3, -0.25) is 0 Å². The van der Waals surface area contributed by atoms with E-state index in [0.29, 0.717) is 25.0 Å². The molecule has 3 aromatic rings. The minimum Gasteiger partial charge on any atom is -0.482 e. The quantitative estimate of drug-likeness (QED) is 0.378. The third kappa shape index (κ3) is 5.87. The van der Waals surface area contributed by atoms with Crippen LogP contribution in [-0.4, -0.2) is 26.1 Å². The Morgan fingerprint density at radius 1 is 1.09 bits per heavy atom. The summed E-state index contributed by atoms with van der Waals surface area (Å²) in [4.78, 5) is 10.7. The molecular formula is C24H20Cl2FNO6S. The average molecular weight is 540 g/mol.